The summed E-state index contributed by atoms with van der Waals surface area (Å²) in [6, 6.07) is 8.61. The van der Waals surface area contributed by atoms with Crippen LogP contribution in [0.4, 0.5) is 0 Å². The van der Waals surface area contributed by atoms with Crippen molar-refractivity contribution in [2.45, 2.75) is 25.6 Å². The van der Waals surface area contributed by atoms with E-state index in [1.54, 1.807) is 11.3 Å². The Kier molecular flexibility index (Phi) is 3.67. The summed E-state index contributed by atoms with van der Waals surface area (Å²) >= 11 is 8.18. The summed E-state index contributed by atoms with van der Waals surface area (Å²) in [6.07, 6.45) is 0.912. The molecular formula is C14H15ClS. The molecule has 2 rings (SSSR count). The quantitative estimate of drug-likeness (QED) is 0.681. The molecule has 1 atom stereocenters. The molecule has 0 amide bonds. The third-order valence-electron chi connectivity index (χ3n) is 2.76. The summed E-state index contributed by atoms with van der Waals surface area (Å²) in [5.41, 5.74) is 5.15. The van der Waals surface area contributed by atoms with Crippen molar-refractivity contribution in [2.24, 2.45) is 0 Å². The molecule has 1 unspecified atom stereocenters. The van der Waals surface area contributed by atoms with Crippen molar-refractivity contribution in [1.82, 2.24) is 0 Å². The van der Waals surface area contributed by atoms with Gasteiger partial charge < -0.3 is 0 Å². The van der Waals surface area contributed by atoms with Crippen LogP contribution < -0.4 is 0 Å². The smallest absolute Gasteiger partial charge is 0.0628 e. The van der Waals surface area contributed by atoms with Crippen LogP contribution in [0.1, 0.15) is 27.6 Å². The molecule has 1 aromatic heterocycles. The molecule has 1 heterocycles. The van der Waals surface area contributed by atoms with E-state index < -0.39 is 0 Å². The molecule has 0 nitrogen and oxygen atoms in total. The van der Waals surface area contributed by atoms with Gasteiger partial charge in [-0.2, -0.15) is 11.3 Å². The van der Waals surface area contributed by atoms with Crippen LogP contribution >= 0.6 is 22.9 Å². The van der Waals surface area contributed by atoms with Crippen molar-refractivity contribution in [1.29, 1.82) is 0 Å². The molecule has 0 aliphatic carbocycles. The maximum absolute atomic E-state index is 6.46. The van der Waals surface area contributed by atoms with Crippen LogP contribution in [0.3, 0.4) is 0 Å². The van der Waals surface area contributed by atoms with E-state index in [1.807, 2.05) is 0 Å². The third-order valence-corrected chi connectivity index (χ3v) is 3.88. The minimum Gasteiger partial charge on any atom is -0.152 e. The molecule has 0 saturated heterocycles. The van der Waals surface area contributed by atoms with Gasteiger partial charge in [0.25, 0.3) is 0 Å². The van der Waals surface area contributed by atoms with Crippen LogP contribution in [0.25, 0.3) is 0 Å². The number of thiophene rings is 1. The van der Waals surface area contributed by atoms with Crippen LogP contribution in [-0.4, -0.2) is 0 Å². The van der Waals surface area contributed by atoms with Crippen molar-refractivity contribution >= 4 is 22.9 Å². The number of hydrogen-bond acceptors (Lipinski definition) is 1. The Morgan fingerprint density at radius 1 is 1.25 bits per heavy atom. The van der Waals surface area contributed by atoms with Gasteiger partial charge in [-0.3, -0.25) is 0 Å². The Labute approximate surface area is 106 Å². The van der Waals surface area contributed by atoms with Crippen LogP contribution in [0.2, 0.25) is 0 Å². The van der Waals surface area contributed by atoms with Crippen molar-refractivity contribution in [2.75, 3.05) is 0 Å². The average Bonchev–Trinajstić information content (AvgIpc) is 2.70. The number of aryl methyl sites for hydroxylation is 2. The maximum Gasteiger partial charge on any atom is 0.0628 e. The number of alkyl halides is 1. The largest absolute Gasteiger partial charge is 0.152 e. The zero-order valence-electron chi connectivity index (χ0n) is 9.53. The highest BCUT2D eigenvalue weighted by atomic mass is 35.5. The minimum absolute atomic E-state index is 0.0789. The van der Waals surface area contributed by atoms with Gasteiger partial charge in [0.2, 0.25) is 0 Å². The summed E-state index contributed by atoms with van der Waals surface area (Å²) in [4.78, 5) is 0. The summed E-state index contributed by atoms with van der Waals surface area (Å²) < 4.78 is 0. The fourth-order valence-electron chi connectivity index (χ4n) is 1.90. The van der Waals surface area contributed by atoms with Gasteiger partial charge in [0.05, 0.1) is 5.38 Å². The molecule has 1 aromatic carbocycles. The van der Waals surface area contributed by atoms with E-state index in [-0.39, 0.29) is 5.38 Å². The summed E-state index contributed by atoms with van der Waals surface area (Å²) in [5.74, 6) is 0. The highest BCUT2D eigenvalue weighted by molar-refractivity contribution is 7.07. The van der Waals surface area contributed by atoms with Gasteiger partial charge in [-0.15, -0.1) is 11.6 Å². The molecule has 84 valence electrons. The van der Waals surface area contributed by atoms with Gasteiger partial charge in [-0.05, 0) is 53.8 Å². The van der Waals surface area contributed by atoms with Gasteiger partial charge >= 0.3 is 0 Å². The fourth-order valence-corrected chi connectivity index (χ4v) is 3.01. The van der Waals surface area contributed by atoms with Crippen LogP contribution in [0, 0.1) is 13.8 Å². The van der Waals surface area contributed by atoms with Gasteiger partial charge in [0.1, 0.15) is 0 Å². The molecule has 0 bridgehead atoms. The zero-order chi connectivity index (χ0) is 11.5. The topological polar surface area (TPSA) is 0 Å². The van der Waals surface area contributed by atoms with Gasteiger partial charge in [-0.25, -0.2) is 0 Å². The lowest BCUT2D eigenvalue weighted by molar-refractivity contribution is 0.913. The van der Waals surface area contributed by atoms with E-state index in [9.17, 15) is 0 Å². The monoisotopic (exact) mass is 250 g/mol. The molecule has 0 fully saturated rings. The summed E-state index contributed by atoms with van der Waals surface area (Å²) in [7, 11) is 0. The average molecular weight is 251 g/mol. The first-order valence-electron chi connectivity index (χ1n) is 5.39. The van der Waals surface area contributed by atoms with Gasteiger partial charge in [0.15, 0.2) is 0 Å². The predicted octanol–water partition coefficient (Wildman–Crippen LogP) is 4.89. The second kappa shape index (κ2) is 5.03. The Hall–Kier alpha value is -0.790. The lowest BCUT2D eigenvalue weighted by atomic mass is 9.99. The van der Waals surface area contributed by atoms with Crippen LogP contribution in [0.5, 0.6) is 0 Å². The molecule has 0 aliphatic rings. The first kappa shape index (κ1) is 11.7. The molecule has 0 N–H and O–H groups in total. The Morgan fingerprint density at radius 3 is 2.69 bits per heavy atom. The normalized spacial score (nSPS) is 12.7. The molecular weight excluding hydrogens is 236 g/mol. The summed E-state index contributed by atoms with van der Waals surface area (Å²) in [6.45, 7) is 4.24. The second-order valence-corrected chi connectivity index (χ2v) is 5.47. The fraction of sp³-hybridized carbons (Fsp3) is 0.286. The van der Waals surface area contributed by atoms with E-state index in [4.69, 9.17) is 11.6 Å². The van der Waals surface area contributed by atoms with E-state index in [0.717, 1.165) is 6.42 Å². The van der Waals surface area contributed by atoms with Crippen LogP contribution in [0.15, 0.2) is 35.0 Å². The molecule has 2 heteroatoms. The third kappa shape index (κ3) is 2.66. The zero-order valence-corrected chi connectivity index (χ0v) is 11.1. The second-order valence-electron chi connectivity index (χ2n) is 4.16. The highest BCUT2D eigenvalue weighted by Gasteiger charge is 2.11. The van der Waals surface area contributed by atoms with Gasteiger partial charge in [-0.1, -0.05) is 23.8 Å². The first-order chi connectivity index (χ1) is 7.66. The van der Waals surface area contributed by atoms with Gasteiger partial charge in [0, 0.05) is 0 Å². The molecule has 2 aromatic rings. The molecule has 0 aliphatic heterocycles. The van der Waals surface area contributed by atoms with E-state index in [2.05, 4.69) is 48.9 Å². The van der Waals surface area contributed by atoms with Crippen LogP contribution in [-0.2, 0) is 6.42 Å². The lowest BCUT2D eigenvalue weighted by Crippen LogP contribution is -1.97. The number of halogens is 1. The standard InChI is InChI=1S/C14H15ClS/c1-10-3-4-13(11(2)7-10)14(15)8-12-5-6-16-9-12/h3-7,9,14H,8H2,1-2H3. The molecule has 0 saturated carbocycles. The lowest BCUT2D eigenvalue weighted by Gasteiger charge is -2.12. The number of hydrogen-bond donors (Lipinski definition) is 0. The van der Waals surface area contributed by atoms with Crippen molar-refractivity contribution in [3.8, 4) is 0 Å². The Morgan fingerprint density at radius 2 is 2.06 bits per heavy atom. The SMILES string of the molecule is Cc1ccc(C(Cl)Cc2ccsc2)c(C)c1. The Balaban J connectivity index is 2.17. The number of rotatable bonds is 3. The van der Waals surface area contributed by atoms with Crippen molar-refractivity contribution < 1.29 is 0 Å². The molecule has 0 spiro atoms. The molecule has 16 heavy (non-hydrogen) atoms. The maximum atomic E-state index is 6.46. The van der Waals surface area contributed by atoms with E-state index in [0.29, 0.717) is 0 Å². The summed E-state index contributed by atoms with van der Waals surface area (Å²) in [5, 5.41) is 4.34. The van der Waals surface area contributed by atoms with E-state index in [1.165, 1.54) is 22.3 Å². The predicted molar refractivity (Wildman–Crippen MR) is 72.5 cm³/mol. The first-order valence-corrected chi connectivity index (χ1v) is 6.77. The Bertz CT molecular complexity index is 460. The number of benzene rings is 1. The van der Waals surface area contributed by atoms with Crippen molar-refractivity contribution in [3.05, 3.63) is 57.3 Å². The van der Waals surface area contributed by atoms with E-state index >= 15 is 0 Å². The highest BCUT2D eigenvalue weighted by Crippen LogP contribution is 2.28. The van der Waals surface area contributed by atoms with Crippen molar-refractivity contribution in [3.63, 3.8) is 0 Å². The molecule has 0 radical (unpaired) electrons. The minimum atomic E-state index is 0.0789.